The molecule has 0 amide bonds. The molecule has 7 nitrogen and oxygen atoms in total. The maximum absolute atomic E-state index is 5.15. The highest BCUT2D eigenvalue weighted by Crippen LogP contribution is 2.41. The van der Waals surface area contributed by atoms with Crippen molar-refractivity contribution in [1.29, 1.82) is 0 Å². The summed E-state index contributed by atoms with van der Waals surface area (Å²) in [4.78, 5) is 15.0. The predicted octanol–water partition coefficient (Wildman–Crippen LogP) is 22.8. The third-order valence-corrected chi connectivity index (χ3v) is 21.5. The molecule has 6 heterocycles. The maximum Gasteiger partial charge on any atom is 0.145 e. The largest absolute Gasteiger partial charge is 0.309 e. The number of rotatable bonds is 15. The quantitative estimate of drug-likeness (QED) is 0.0961. The summed E-state index contributed by atoms with van der Waals surface area (Å²) in [5, 5.41) is 9.85. The number of aromatic nitrogens is 7. The molecule has 0 aliphatic rings. The van der Waals surface area contributed by atoms with Gasteiger partial charge in [0.2, 0.25) is 0 Å². The Bertz CT molecular complexity index is 5990. The second-order valence-electron chi connectivity index (χ2n) is 27.8. The van der Waals surface area contributed by atoms with Crippen LogP contribution in [-0.2, 0) is 38.5 Å². The first-order valence-electron chi connectivity index (χ1n) is 35.2. The molecule has 0 saturated heterocycles. The van der Waals surface area contributed by atoms with Crippen LogP contribution in [0.25, 0.3) is 133 Å². The van der Waals surface area contributed by atoms with Crippen molar-refractivity contribution in [2.45, 2.75) is 80.1 Å². The number of benzene rings is 12. The molecule has 0 spiro atoms. The first-order chi connectivity index (χ1) is 49.1. The lowest BCUT2D eigenvalue weighted by molar-refractivity contribution is 0.956. The number of fused-ring (bicyclic) bond motifs is 15. The summed E-state index contributed by atoms with van der Waals surface area (Å²) in [5.74, 6) is 0. The van der Waals surface area contributed by atoms with Crippen molar-refractivity contribution in [3.63, 3.8) is 0 Å². The van der Waals surface area contributed by atoms with Crippen LogP contribution in [0.4, 0.5) is 0 Å². The summed E-state index contributed by atoms with van der Waals surface area (Å²) in [6.45, 7) is 13.2. The molecule has 0 atom stereocenters. The van der Waals surface area contributed by atoms with E-state index in [1.54, 1.807) is 0 Å². The average Bonchev–Trinajstić information content (AvgIpc) is 1.47. The summed E-state index contributed by atoms with van der Waals surface area (Å²) in [6, 6.07) is 93.0. The van der Waals surface area contributed by atoms with Gasteiger partial charge in [-0.2, -0.15) is 0 Å². The van der Waals surface area contributed by atoms with Crippen molar-refractivity contribution in [1.82, 2.24) is 32.9 Å². The number of imidazole rings is 3. The third-order valence-electron chi connectivity index (χ3n) is 21.5. The molecular formula is C93H75N7. The fraction of sp³-hybridized carbons (Fsp3) is 0.129. The van der Waals surface area contributed by atoms with E-state index in [0.717, 1.165) is 72.6 Å². The van der Waals surface area contributed by atoms with Crippen LogP contribution < -0.4 is 0 Å². The van der Waals surface area contributed by atoms with E-state index in [1.165, 1.54) is 165 Å². The van der Waals surface area contributed by atoms with Gasteiger partial charge in [-0.05, 0) is 218 Å². The van der Waals surface area contributed by atoms with E-state index in [4.69, 9.17) is 15.0 Å². The van der Waals surface area contributed by atoms with E-state index in [9.17, 15) is 0 Å². The molecule has 100 heavy (non-hydrogen) atoms. The van der Waals surface area contributed by atoms with Gasteiger partial charge in [0.15, 0.2) is 0 Å². The van der Waals surface area contributed by atoms with Crippen LogP contribution in [0.3, 0.4) is 0 Å². The van der Waals surface area contributed by atoms with E-state index >= 15 is 0 Å². The number of aryl methyl sites for hydroxylation is 12. The second-order valence-corrected chi connectivity index (χ2v) is 27.8. The number of para-hydroxylation sites is 3. The van der Waals surface area contributed by atoms with Gasteiger partial charge >= 0.3 is 0 Å². The minimum atomic E-state index is 0.903. The van der Waals surface area contributed by atoms with Crippen molar-refractivity contribution in [3.8, 4) is 56.3 Å². The van der Waals surface area contributed by atoms with Crippen LogP contribution in [0.15, 0.2) is 274 Å². The first kappa shape index (κ1) is 60.5. The highest BCUT2D eigenvalue weighted by atomic mass is 15.1. The third kappa shape index (κ3) is 10.3. The van der Waals surface area contributed by atoms with Crippen molar-refractivity contribution in [2.75, 3.05) is 0 Å². The molecule has 0 aliphatic heterocycles. The molecule has 0 aliphatic carbocycles. The van der Waals surface area contributed by atoms with Gasteiger partial charge in [0.05, 0.1) is 69.8 Å². The Morgan fingerprint density at radius 1 is 0.290 bits per heavy atom. The number of nitrogens with zero attached hydrogens (tertiary/aromatic N) is 7. The summed E-state index contributed by atoms with van der Waals surface area (Å²) >= 11 is 0. The number of hydrogen-bond donors (Lipinski definition) is 0. The van der Waals surface area contributed by atoms with Gasteiger partial charge in [-0.1, -0.05) is 194 Å². The lowest BCUT2D eigenvalue weighted by Gasteiger charge is -2.17. The molecule has 0 bridgehead atoms. The number of hydrogen-bond acceptors (Lipinski definition) is 3. The van der Waals surface area contributed by atoms with E-state index in [2.05, 4.69) is 321 Å². The number of pyridine rings is 2. The van der Waals surface area contributed by atoms with E-state index in [0.29, 0.717) is 0 Å². The lowest BCUT2D eigenvalue weighted by Crippen LogP contribution is -2.00. The Kier molecular flexibility index (Phi) is 14.9. The molecule has 6 aromatic heterocycles. The van der Waals surface area contributed by atoms with Crippen molar-refractivity contribution in [3.05, 3.63) is 340 Å². The van der Waals surface area contributed by atoms with Gasteiger partial charge in [-0.25, -0.2) is 15.0 Å². The van der Waals surface area contributed by atoms with Crippen molar-refractivity contribution in [2.24, 2.45) is 0 Å². The highest BCUT2D eigenvalue weighted by Gasteiger charge is 2.22. The van der Waals surface area contributed by atoms with E-state index in [1.807, 2.05) is 12.5 Å². The van der Waals surface area contributed by atoms with Crippen molar-refractivity contribution < 1.29 is 0 Å². The lowest BCUT2D eigenvalue weighted by atomic mass is 9.97. The molecular weight excluding hydrogens is 1220 g/mol. The molecule has 18 rings (SSSR count). The first-order valence-corrected chi connectivity index (χ1v) is 35.2. The molecule has 18 aromatic rings. The van der Waals surface area contributed by atoms with E-state index in [-0.39, 0.29) is 0 Å². The molecule has 0 N–H and O–H groups in total. The molecule has 12 aromatic carbocycles. The van der Waals surface area contributed by atoms with Crippen LogP contribution in [0.5, 0.6) is 0 Å². The molecule has 0 unspecified atom stereocenters. The minimum absolute atomic E-state index is 0.903. The molecule has 0 fully saturated rings. The molecule has 0 radical (unpaired) electrons. The summed E-state index contributed by atoms with van der Waals surface area (Å²) in [6.07, 6.45) is 13.5. The standard InChI is InChI=1S/C93H75N7/c1-58-18-13-19-59(2)89(58)86-54-94-57-97(86)81-31-10-7-28-72(81)70-26-16-24-64(48-70)34-35-65-25-17-27-71(49-65)98-84-46-42-68(38-36-66-40-44-75-77(50-66)73-29-8-11-32-82(73)99-87(55-95-92(75)99)90-60(3)20-14-21-61(90)4)52-79(84)80-53-69(43-47-85(80)98)39-37-67-41-45-76-78(51-67)74-30-9-12-33-83(74)100-88(56-96-93(76)100)91-62(5)22-15-23-63(91)6/h7-33,40-57H,34-39H2,1-6H3. The van der Waals surface area contributed by atoms with Crippen LogP contribution in [0, 0.1) is 41.5 Å². The van der Waals surface area contributed by atoms with Gasteiger partial charge in [0.1, 0.15) is 11.3 Å². The Balaban J connectivity index is 0.677. The van der Waals surface area contributed by atoms with Crippen LogP contribution >= 0.6 is 0 Å². The smallest absolute Gasteiger partial charge is 0.145 e. The Morgan fingerprint density at radius 2 is 0.700 bits per heavy atom. The summed E-state index contributed by atoms with van der Waals surface area (Å²) in [5.41, 5.74) is 33.9. The monoisotopic (exact) mass is 1290 g/mol. The van der Waals surface area contributed by atoms with Crippen LogP contribution in [0.2, 0.25) is 0 Å². The zero-order valence-electron chi connectivity index (χ0n) is 57.4. The van der Waals surface area contributed by atoms with Gasteiger partial charge in [0, 0.05) is 60.3 Å². The molecule has 7 heteroatoms. The fourth-order valence-corrected chi connectivity index (χ4v) is 16.6. The Morgan fingerprint density at radius 3 is 1.21 bits per heavy atom. The summed E-state index contributed by atoms with van der Waals surface area (Å²) < 4.78 is 9.51. The second kappa shape index (κ2) is 24.6. The SMILES string of the molecule is Cc1cccc(C)c1-c1cncn1-c1ccccc1-c1cccc(CCc2cccc(-n3c4ccc(CCc5ccc6c(c5)c5ccccc5n5c(-c7c(C)cccc7C)cnc65)cc4c4cc(CCc5ccc6c(c5)c5ccccc5n5c(-c7c(C)cccc7C)cnc65)ccc43)c2)c1. The van der Waals surface area contributed by atoms with Gasteiger partial charge in [-0.15, -0.1) is 0 Å². The molecule has 0 saturated carbocycles. The predicted molar refractivity (Wildman–Crippen MR) is 417 cm³/mol. The topological polar surface area (TPSA) is 57.3 Å². The highest BCUT2D eigenvalue weighted by molar-refractivity contribution is 6.14. The van der Waals surface area contributed by atoms with Crippen LogP contribution in [0.1, 0.15) is 66.8 Å². The van der Waals surface area contributed by atoms with Gasteiger partial charge in [-0.3, -0.25) is 13.4 Å². The minimum Gasteiger partial charge on any atom is -0.309 e. The Hall–Kier alpha value is -11.9. The van der Waals surface area contributed by atoms with Crippen LogP contribution in [-0.4, -0.2) is 32.9 Å². The maximum atomic E-state index is 5.15. The van der Waals surface area contributed by atoms with Gasteiger partial charge < -0.3 is 4.57 Å². The van der Waals surface area contributed by atoms with E-state index < -0.39 is 0 Å². The zero-order valence-corrected chi connectivity index (χ0v) is 57.4. The van der Waals surface area contributed by atoms with Gasteiger partial charge in [0.25, 0.3) is 0 Å². The summed E-state index contributed by atoms with van der Waals surface area (Å²) in [7, 11) is 0. The van der Waals surface area contributed by atoms with Crippen molar-refractivity contribution >= 4 is 76.5 Å². The molecule has 482 valence electrons. The normalized spacial score (nSPS) is 11.9. The average molecular weight is 1290 g/mol. The Labute approximate surface area is 582 Å². The fourth-order valence-electron chi connectivity index (χ4n) is 16.6. The zero-order chi connectivity index (χ0) is 67.3.